The first kappa shape index (κ1) is 8.76. The van der Waals surface area contributed by atoms with Crippen LogP contribution < -0.4 is 4.74 Å². The second-order valence-electron chi connectivity index (χ2n) is 4.79. The predicted molar refractivity (Wildman–Crippen MR) is 56.4 cm³/mol. The Morgan fingerprint density at radius 3 is 2.75 bits per heavy atom. The SMILES string of the molecule is O=C1Cc2c(ccc(C3CO3)c2C2CC2)O1. The number of rotatable bonds is 2. The van der Waals surface area contributed by atoms with Gasteiger partial charge < -0.3 is 9.47 Å². The summed E-state index contributed by atoms with van der Waals surface area (Å²) in [5.41, 5.74) is 3.77. The van der Waals surface area contributed by atoms with Crippen LogP contribution in [0.5, 0.6) is 5.75 Å². The standard InChI is InChI=1S/C13H12O3/c14-12-5-9-10(16-12)4-3-8(11-6-15-11)13(9)7-1-2-7/h3-4,7,11H,1-2,5-6H2. The minimum atomic E-state index is -0.120. The molecule has 1 unspecified atom stereocenters. The third-order valence-electron chi connectivity index (χ3n) is 3.56. The molecule has 3 nitrogen and oxygen atoms in total. The lowest BCUT2D eigenvalue weighted by atomic mass is 9.93. The van der Waals surface area contributed by atoms with Gasteiger partial charge in [-0.15, -0.1) is 0 Å². The number of carbonyl (C=O) groups is 1. The third kappa shape index (κ3) is 1.21. The predicted octanol–water partition coefficient (Wildman–Crippen LogP) is 2.10. The van der Waals surface area contributed by atoms with Crippen molar-refractivity contribution in [2.45, 2.75) is 31.3 Å². The van der Waals surface area contributed by atoms with Crippen molar-refractivity contribution in [2.24, 2.45) is 0 Å². The Morgan fingerprint density at radius 1 is 1.25 bits per heavy atom. The van der Waals surface area contributed by atoms with Gasteiger partial charge in [0.25, 0.3) is 0 Å². The molecule has 0 N–H and O–H groups in total. The quantitative estimate of drug-likeness (QED) is 0.431. The van der Waals surface area contributed by atoms with E-state index in [0.717, 1.165) is 17.9 Å². The van der Waals surface area contributed by atoms with Crippen molar-refractivity contribution in [1.82, 2.24) is 0 Å². The van der Waals surface area contributed by atoms with E-state index >= 15 is 0 Å². The molecule has 0 radical (unpaired) electrons. The van der Waals surface area contributed by atoms with Gasteiger partial charge in [-0.2, -0.15) is 0 Å². The summed E-state index contributed by atoms with van der Waals surface area (Å²) >= 11 is 0. The Morgan fingerprint density at radius 2 is 2.06 bits per heavy atom. The van der Waals surface area contributed by atoms with Crippen molar-refractivity contribution < 1.29 is 14.3 Å². The lowest BCUT2D eigenvalue weighted by Crippen LogP contribution is -2.01. The Hall–Kier alpha value is -1.35. The molecule has 3 aliphatic rings. The van der Waals surface area contributed by atoms with E-state index in [9.17, 15) is 4.79 Å². The number of benzene rings is 1. The van der Waals surface area contributed by atoms with E-state index in [4.69, 9.17) is 9.47 Å². The fraction of sp³-hybridized carbons (Fsp3) is 0.462. The zero-order valence-electron chi connectivity index (χ0n) is 8.86. The lowest BCUT2D eigenvalue weighted by molar-refractivity contribution is -0.131. The monoisotopic (exact) mass is 216 g/mol. The van der Waals surface area contributed by atoms with Crippen molar-refractivity contribution in [1.29, 1.82) is 0 Å². The molecule has 1 aromatic carbocycles. The Balaban J connectivity index is 1.90. The second kappa shape index (κ2) is 2.86. The number of ether oxygens (including phenoxy) is 2. The first-order valence-electron chi connectivity index (χ1n) is 5.81. The zero-order chi connectivity index (χ0) is 10.7. The van der Waals surface area contributed by atoms with Crippen molar-refractivity contribution in [3.8, 4) is 5.75 Å². The Kier molecular flexibility index (Phi) is 1.56. The molecule has 0 bridgehead atoms. The molecule has 1 aromatic rings. The maximum atomic E-state index is 11.3. The summed E-state index contributed by atoms with van der Waals surface area (Å²) in [6.45, 7) is 0.827. The van der Waals surface area contributed by atoms with Crippen LogP contribution in [-0.4, -0.2) is 12.6 Å². The van der Waals surface area contributed by atoms with Gasteiger partial charge in [-0.1, -0.05) is 6.07 Å². The van der Waals surface area contributed by atoms with Crippen LogP contribution in [0.2, 0.25) is 0 Å². The van der Waals surface area contributed by atoms with Gasteiger partial charge in [0.1, 0.15) is 11.9 Å². The first-order chi connectivity index (χ1) is 7.83. The fourth-order valence-electron chi connectivity index (χ4n) is 2.61. The van der Waals surface area contributed by atoms with Gasteiger partial charge in [-0.05, 0) is 36.0 Å². The van der Waals surface area contributed by atoms with Crippen LogP contribution in [0, 0.1) is 0 Å². The van der Waals surface area contributed by atoms with E-state index in [2.05, 4.69) is 6.07 Å². The van der Waals surface area contributed by atoms with Crippen LogP contribution in [0.25, 0.3) is 0 Å². The summed E-state index contributed by atoms with van der Waals surface area (Å²) in [6, 6.07) is 3.99. The molecule has 16 heavy (non-hydrogen) atoms. The molecule has 0 aromatic heterocycles. The highest BCUT2D eigenvalue weighted by Gasteiger charge is 2.38. The van der Waals surface area contributed by atoms with Gasteiger partial charge in [0.15, 0.2) is 0 Å². The number of fused-ring (bicyclic) bond motifs is 1. The van der Waals surface area contributed by atoms with Crippen molar-refractivity contribution >= 4 is 5.97 Å². The highest BCUT2D eigenvalue weighted by molar-refractivity contribution is 5.82. The Labute approximate surface area is 93.4 Å². The van der Waals surface area contributed by atoms with Crippen molar-refractivity contribution in [3.05, 3.63) is 28.8 Å². The van der Waals surface area contributed by atoms with Crippen LogP contribution in [0.3, 0.4) is 0 Å². The van der Waals surface area contributed by atoms with E-state index in [0.29, 0.717) is 12.3 Å². The molecule has 82 valence electrons. The van der Waals surface area contributed by atoms with Crippen LogP contribution >= 0.6 is 0 Å². The van der Waals surface area contributed by atoms with Gasteiger partial charge in [-0.3, -0.25) is 4.79 Å². The normalized spacial score (nSPS) is 26.5. The van der Waals surface area contributed by atoms with Gasteiger partial charge in [0, 0.05) is 5.56 Å². The lowest BCUT2D eigenvalue weighted by Gasteiger charge is -2.10. The molecule has 0 amide bonds. The zero-order valence-corrected chi connectivity index (χ0v) is 8.86. The number of carbonyl (C=O) groups excluding carboxylic acids is 1. The molecule has 1 aliphatic carbocycles. The summed E-state index contributed by atoms with van der Waals surface area (Å²) in [5, 5.41) is 0. The van der Waals surface area contributed by atoms with Crippen molar-refractivity contribution in [2.75, 3.05) is 6.61 Å². The molecule has 2 heterocycles. The second-order valence-corrected chi connectivity index (χ2v) is 4.79. The van der Waals surface area contributed by atoms with Crippen LogP contribution in [-0.2, 0) is 16.0 Å². The molecule has 1 saturated carbocycles. The number of epoxide rings is 1. The molecule has 2 fully saturated rings. The maximum absolute atomic E-state index is 11.3. The highest BCUT2D eigenvalue weighted by Crippen LogP contribution is 2.50. The van der Waals surface area contributed by atoms with Crippen molar-refractivity contribution in [3.63, 3.8) is 0 Å². The van der Waals surface area contributed by atoms with Gasteiger partial charge in [-0.25, -0.2) is 0 Å². The third-order valence-corrected chi connectivity index (χ3v) is 3.56. The van der Waals surface area contributed by atoms with E-state index in [-0.39, 0.29) is 12.1 Å². The van der Waals surface area contributed by atoms with E-state index in [1.165, 1.54) is 24.0 Å². The topological polar surface area (TPSA) is 38.8 Å². The average molecular weight is 216 g/mol. The average Bonchev–Trinajstić information content (AvgIpc) is 3.11. The van der Waals surface area contributed by atoms with Crippen LogP contribution in [0.4, 0.5) is 0 Å². The molecule has 2 aliphatic heterocycles. The smallest absolute Gasteiger partial charge is 0.315 e. The largest absolute Gasteiger partial charge is 0.426 e. The van der Waals surface area contributed by atoms with Gasteiger partial charge in [0.05, 0.1) is 13.0 Å². The van der Waals surface area contributed by atoms with E-state index in [1.54, 1.807) is 0 Å². The van der Waals surface area contributed by atoms with E-state index in [1.807, 2.05) is 6.07 Å². The number of hydrogen-bond donors (Lipinski definition) is 0. The van der Waals surface area contributed by atoms with Gasteiger partial charge >= 0.3 is 5.97 Å². The number of esters is 1. The summed E-state index contributed by atoms with van der Waals surface area (Å²) in [5.74, 6) is 1.30. The summed E-state index contributed by atoms with van der Waals surface area (Å²) in [6.07, 6.45) is 3.20. The molecule has 0 spiro atoms. The highest BCUT2D eigenvalue weighted by atomic mass is 16.6. The van der Waals surface area contributed by atoms with Gasteiger partial charge in [0.2, 0.25) is 0 Å². The Bertz CT molecular complexity index is 484. The molecular weight excluding hydrogens is 204 g/mol. The molecule has 3 heteroatoms. The van der Waals surface area contributed by atoms with Crippen LogP contribution in [0.1, 0.15) is 41.6 Å². The molecular formula is C13H12O3. The summed E-state index contributed by atoms with van der Waals surface area (Å²) in [4.78, 5) is 11.3. The number of hydrogen-bond acceptors (Lipinski definition) is 3. The molecule has 4 rings (SSSR count). The van der Waals surface area contributed by atoms with E-state index < -0.39 is 0 Å². The summed E-state index contributed by atoms with van der Waals surface area (Å²) in [7, 11) is 0. The molecule has 1 atom stereocenters. The minimum absolute atomic E-state index is 0.120. The van der Waals surface area contributed by atoms with Crippen LogP contribution in [0.15, 0.2) is 12.1 Å². The molecule has 1 saturated heterocycles. The maximum Gasteiger partial charge on any atom is 0.315 e. The summed E-state index contributed by atoms with van der Waals surface area (Å²) < 4.78 is 10.6. The minimum Gasteiger partial charge on any atom is -0.426 e. The fourth-order valence-corrected chi connectivity index (χ4v) is 2.61. The first-order valence-corrected chi connectivity index (χ1v) is 5.81.